The molecule has 0 saturated heterocycles. The van der Waals surface area contributed by atoms with Crippen molar-refractivity contribution in [3.63, 3.8) is 0 Å². The Labute approximate surface area is 146 Å². The molecular weight excluding hydrogens is 376 g/mol. The van der Waals surface area contributed by atoms with Crippen LogP contribution in [-0.2, 0) is 16.6 Å². The van der Waals surface area contributed by atoms with Crippen molar-refractivity contribution < 1.29 is 8.42 Å². The van der Waals surface area contributed by atoms with E-state index in [2.05, 4.69) is 15.9 Å². The smallest absolute Gasteiger partial charge is 0.244 e. The van der Waals surface area contributed by atoms with Gasteiger partial charge in [-0.25, -0.2) is 8.42 Å². The number of benzene rings is 2. The molecule has 4 nitrogen and oxygen atoms in total. The van der Waals surface area contributed by atoms with Crippen LogP contribution in [0.4, 0.5) is 0 Å². The van der Waals surface area contributed by atoms with E-state index in [-0.39, 0.29) is 0 Å². The molecule has 2 aromatic rings. The third-order valence-corrected chi connectivity index (χ3v) is 6.79. The number of halogens is 1. The summed E-state index contributed by atoms with van der Waals surface area (Å²) in [6.45, 7) is 3.07. The highest BCUT2D eigenvalue weighted by atomic mass is 79.9. The van der Waals surface area contributed by atoms with Crippen LogP contribution < -0.4 is 5.73 Å². The second-order valence-corrected chi connectivity index (χ2v) is 8.05. The number of aryl methyl sites for hydroxylation is 1. The van der Waals surface area contributed by atoms with Crippen molar-refractivity contribution in [2.75, 3.05) is 13.1 Å². The molecule has 0 saturated carbocycles. The maximum Gasteiger partial charge on any atom is 0.244 e. The summed E-state index contributed by atoms with van der Waals surface area (Å²) in [4.78, 5) is 0.297. The van der Waals surface area contributed by atoms with Crippen molar-refractivity contribution in [3.8, 4) is 0 Å². The zero-order valence-electron chi connectivity index (χ0n) is 13.1. The number of rotatable bonds is 7. The highest BCUT2D eigenvalue weighted by Gasteiger charge is 2.26. The van der Waals surface area contributed by atoms with Gasteiger partial charge in [0.15, 0.2) is 0 Å². The third kappa shape index (κ3) is 4.41. The predicted molar refractivity (Wildman–Crippen MR) is 96.6 cm³/mol. The van der Waals surface area contributed by atoms with E-state index in [0.29, 0.717) is 35.4 Å². The summed E-state index contributed by atoms with van der Waals surface area (Å²) in [5.41, 5.74) is 7.42. The molecule has 0 amide bonds. The summed E-state index contributed by atoms with van der Waals surface area (Å²) in [6, 6.07) is 14.9. The van der Waals surface area contributed by atoms with Crippen LogP contribution >= 0.6 is 15.9 Å². The van der Waals surface area contributed by atoms with Gasteiger partial charge in [-0.15, -0.1) is 0 Å². The predicted octanol–water partition coefficient (Wildman–Crippen LogP) is 3.30. The molecule has 0 aromatic heterocycles. The molecular formula is C17H21BrN2O2S. The van der Waals surface area contributed by atoms with E-state index in [0.717, 1.165) is 11.1 Å². The molecule has 124 valence electrons. The summed E-state index contributed by atoms with van der Waals surface area (Å²) in [5.74, 6) is 0. The highest BCUT2D eigenvalue weighted by Crippen LogP contribution is 2.28. The molecule has 2 N–H and O–H groups in total. The van der Waals surface area contributed by atoms with Gasteiger partial charge in [-0.05, 0) is 53.0 Å². The van der Waals surface area contributed by atoms with Crippen molar-refractivity contribution in [3.05, 3.63) is 64.1 Å². The normalized spacial score (nSPS) is 11.8. The SMILES string of the molecule is Cc1cccc(S(=O)(=O)N(CCCN)Cc2ccccc2)c1Br. The number of nitrogens with zero attached hydrogens (tertiary/aromatic N) is 1. The van der Waals surface area contributed by atoms with Crippen LogP contribution in [0.2, 0.25) is 0 Å². The molecule has 0 aliphatic rings. The number of sulfonamides is 1. The standard InChI is InChI=1S/C17H21BrN2O2S/c1-14-7-5-10-16(17(14)18)23(21,22)20(12-6-11-19)13-15-8-3-2-4-9-15/h2-5,7-10H,6,11-13,19H2,1H3. The maximum atomic E-state index is 13.1. The molecule has 2 rings (SSSR count). The number of nitrogens with two attached hydrogens (primary N) is 1. The minimum atomic E-state index is -3.59. The first-order valence-electron chi connectivity index (χ1n) is 7.46. The monoisotopic (exact) mass is 396 g/mol. The van der Waals surface area contributed by atoms with Crippen molar-refractivity contribution in [1.82, 2.24) is 4.31 Å². The second-order valence-electron chi connectivity index (χ2n) is 5.35. The van der Waals surface area contributed by atoms with Crippen LogP contribution in [0.25, 0.3) is 0 Å². The van der Waals surface area contributed by atoms with E-state index in [9.17, 15) is 8.42 Å². The summed E-state index contributed by atoms with van der Waals surface area (Å²) in [5, 5.41) is 0. The van der Waals surface area contributed by atoms with E-state index in [1.54, 1.807) is 12.1 Å². The maximum absolute atomic E-state index is 13.1. The Kier molecular flexibility index (Phi) is 6.35. The lowest BCUT2D eigenvalue weighted by Crippen LogP contribution is -2.33. The average molecular weight is 397 g/mol. The molecule has 0 atom stereocenters. The summed E-state index contributed by atoms with van der Waals surface area (Å²) in [6.07, 6.45) is 0.621. The number of hydrogen-bond donors (Lipinski definition) is 1. The van der Waals surface area contributed by atoms with Crippen LogP contribution in [-0.4, -0.2) is 25.8 Å². The van der Waals surface area contributed by atoms with Gasteiger partial charge in [0.25, 0.3) is 0 Å². The lowest BCUT2D eigenvalue weighted by atomic mass is 10.2. The van der Waals surface area contributed by atoms with Gasteiger partial charge >= 0.3 is 0 Å². The fourth-order valence-corrected chi connectivity index (χ4v) is 4.78. The van der Waals surface area contributed by atoms with E-state index in [4.69, 9.17) is 5.73 Å². The molecule has 0 radical (unpaired) electrons. The molecule has 6 heteroatoms. The van der Waals surface area contributed by atoms with Crippen LogP contribution in [0.15, 0.2) is 57.9 Å². The van der Waals surface area contributed by atoms with Crippen molar-refractivity contribution in [2.24, 2.45) is 5.73 Å². The lowest BCUT2D eigenvalue weighted by Gasteiger charge is -2.23. The minimum Gasteiger partial charge on any atom is -0.330 e. The zero-order valence-corrected chi connectivity index (χ0v) is 15.5. The number of hydrogen-bond acceptors (Lipinski definition) is 3. The molecule has 0 aliphatic heterocycles. The van der Waals surface area contributed by atoms with Crippen LogP contribution in [0.1, 0.15) is 17.5 Å². The summed E-state index contributed by atoms with van der Waals surface area (Å²) >= 11 is 3.41. The zero-order chi connectivity index (χ0) is 16.9. The second kappa shape index (κ2) is 8.06. The molecule has 0 fully saturated rings. The van der Waals surface area contributed by atoms with Gasteiger partial charge in [-0.2, -0.15) is 4.31 Å². The first-order chi connectivity index (χ1) is 11.0. The largest absolute Gasteiger partial charge is 0.330 e. The topological polar surface area (TPSA) is 63.4 Å². The van der Waals surface area contributed by atoms with Crippen LogP contribution in [0.5, 0.6) is 0 Å². The molecule has 0 bridgehead atoms. The van der Waals surface area contributed by atoms with Crippen LogP contribution in [0, 0.1) is 6.92 Å². The first kappa shape index (κ1) is 18.1. The Morgan fingerprint density at radius 1 is 1.09 bits per heavy atom. The molecule has 2 aromatic carbocycles. The Bertz CT molecular complexity index is 748. The molecule has 0 spiro atoms. The molecule has 0 aliphatic carbocycles. The summed E-state index contributed by atoms with van der Waals surface area (Å²) < 4.78 is 28.3. The van der Waals surface area contributed by atoms with Gasteiger partial charge in [0.1, 0.15) is 0 Å². The Balaban J connectivity index is 2.38. The minimum absolute atomic E-state index is 0.297. The third-order valence-electron chi connectivity index (χ3n) is 3.59. The van der Waals surface area contributed by atoms with Gasteiger partial charge < -0.3 is 5.73 Å². The van der Waals surface area contributed by atoms with E-state index in [1.807, 2.05) is 43.3 Å². The fourth-order valence-electron chi connectivity index (χ4n) is 2.30. The Hall–Kier alpha value is -1.21. The van der Waals surface area contributed by atoms with Gasteiger partial charge in [0, 0.05) is 17.6 Å². The van der Waals surface area contributed by atoms with Crippen molar-refractivity contribution in [1.29, 1.82) is 0 Å². The van der Waals surface area contributed by atoms with Crippen LogP contribution in [0.3, 0.4) is 0 Å². The Morgan fingerprint density at radius 2 is 1.78 bits per heavy atom. The van der Waals surface area contributed by atoms with E-state index >= 15 is 0 Å². The van der Waals surface area contributed by atoms with E-state index < -0.39 is 10.0 Å². The lowest BCUT2D eigenvalue weighted by molar-refractivity contribution is 0.401. The van der Waals surface area contributed by atoms with Crippen molar-refractivity contribution >= 4 is 26.0 Å². The quantitative estimate of drug-likeness (QED) is 0.780. The van der Waals surface area contributed by atoms with E-state index in [1.165, 1.54) is 4.31 Å². The average Bonchev–Trinajstić information content (AvgIpc) is 2.54. The van der Waals surface area contributed by atoms with Gasteiger partial charge in [0.2, 0.25) is 10.0 Å². The van der Waals surface area contributed by atoms with Gasteiger partial charge in [-0.1, -0.05) is 42.5 Å². The fraction of sp³-hybridized carbons (Fsp3) is 0.294. The highest BCUT2D eigenvalue weighted by molar-refractivity contribution is 9.10. The molecule has 0 unspecified atom stereocenters. The summed E-state index contributed by atoms with van der Waals surface area (Å²) in [7, 11) is -3.59. The molecule has 23 heavy (non-hydrogen) atoms. The van der Waals surface area contributed by atoms with Gasteiger partial charge in [-0.3, -0.25) is 0 Å². The van der Waals surface area contributed by atoms with Crippen molar-refractivity contribution in [2.45, 2.75) is 24.8 Å². The first-order valence-corrected chi connectivity index (χ1v) is 9.69. The Morgan fingerprint density at radius 3 is 2.43 bits per heavy atom. The molecule has 0 heterocycles. The van der Waals surface area contributed by atoms with Gasteiger partial charge in [0.05, 0.1) is 4.90 Å².